The number of hydrogen-bond donors (Lipinski definition) is 2. The van der Waals surface area contributed by atoms with Crippen molar-refractivity contribution in [3.05, 3.63) is 71.3 Å². The Labute approximate surface area is 169 Å². The summed E-state index contributed by atoms with van der Waals surface area (Å²) in [4.78, 5) is 4.69. The van der Waals surface area contributed by atoms with E-state index in [9.17, 15) is 0 Å². The second kappa shape index (κ2) is 11.5. The average Bonchev–Trinajstić information content (AvgIpc) is 2.71. The van der Waals surface area contributed by atoms with E-state index < -0.39 is 0 Å². The van der Waals surface area contributed by atoms with Gasteiger partial charge in [-0.05, 0) is 37.5 Å². The molecule has 0 heterocycles. The first kappa shape index (κ1) is 21.9. The summed E-state index contributed by atoms with van der Waals surface area (Å²) < 4.78 is 11.3. The third-order valence-electron chi connectivity index (χ3n) is 4.37. The second-order valence-corrected chi connectivity index (χ2v) is 7.31. The number of hydrogen-bond acceptors (Lipinski definition) is 3. The van der Waals surface area contributed by atoms with E-state index in [0.717, 1.165) is 23.6 Å². The molecule has 0 amide bonds. The Morgan fingerprint density at radius 1 is 0.929 bits per heavy atom. The molecule has 28 heavy (non-hydrogen) atoms. The topological polar surface area (TPSA) is 54.9 Å². The van der Waals surface area contributed by atoms with Gasteiger partial charge in [-0.1, -0.05) is 54.6 Å². The largest absolute Gasteiger partial charge is 0.377 e. The Hall–Kier alpha value is -2.37. The van der Waals surface area contributed by atoms with Crippen LogP contribution in [-0.2, 0) is 29.2 Å². The summed E-state index contributed by atoms with van der Waals surface area (Å²) in [7, 11) is 1.72. The van der Waals surface area contributed by atoms with Gasteiger partial charge < -0.3 is 20.1 Å². The van der Waals surface area contributed by atoms with Gasteiger partial charge in [0.25, 0.3) is 0 Å². The van der Waals surface area contributed by atoms with Crippen molar-refractivity contribution in [3.63, 3.8) is 0 Å². The summed E-state index contributed by atoms with van der Waals surface area (Å²) in [6, 6.07) is 18.6. The third-order valence-corrected chi connectivity index (χ3v) is 4.37. The van der Waals surface area contributed by atoms with E-state index in [4.69, 9.17) is 9.47 Å². The van der Waals surface area contributed by atoms with E-state index in [1.807, 2.05) is 32.0 Å². The smallest absolute Gasteiger partial charge is 0.191 e. The van der Waals surface area contributed by atoms with E-state index in [0.29, 0.717) is 26.3 Å². The summed E-state index contributed by atoms with van der Waals surface area (Å²) in [5.41, 5.74) is 3.25. The molecule has 152 valence electrons. The van der Waals surface area contributed by atoms with Crippen LogP contribution < -0.4 is 10.6 Å². The molecule has 0 atom stereocenters. The molecular weight excluding hydrogens is 350 g/mol. The molecule has 0 radical (unpaired) electrons. The Bertz CT molecular complexity index is 730. The second-order valence-electron chi connectivity index (χ2n) is 7.31. The van der Waals surface area contributed by atoms with Gasteiger partial charge in [0.1, 0.15) is 0 Å². The van der Waals surface area contributed by atoms with Crippen LogP contribution in [0.2, 0.25) is 0 Å². The summed E-state index contributed by atoms with van der Waals surface area (Å²) >= 11 is 0. The Kier molecular flexibility index (Phi) is 8.98. The molecule has 0 aromatic heterocycles. The van der Waals surface area contributed by atoms with Gasteiger partial charge in [0.05, 0.1) is 25.4 Å². The highest BCUT2D eigenvalue weighted by Crippen LogP contribution is 2.10. The fourth-order valence-corrected chi connectivity index (χ4v) is 2.56. The lowest BCUT2D eigenvalue weighted by Crippen LogP contribution is -2.45. The van der Waals surface area contributed by atoms with Crippen LogP contribution >= 0.6 is 0 Å². The molecular formula is C23H33N3O2. The van der Waals surface area contributed by atoms with E-state index in [2.05, 4.69) is 58.9 Å². The fourth-order valence-electron chi connectivity index (χ4n) is 2.56. The molecule has 0 saturated carbocycles. The lowest BCUT2D eigenvalue weighted by Gasteiger charge is -2.24. The van der Waals surface area contributed by atoms with Crippen molar-refractivity contribution in [2.24, 2.45) is 4.99 Å². The zero-order valence-corrected chi connectivity index (χ0v) is 17.5. The van der Waals surface area contributed by atoms with Crippen LogP contribution in [0.3, 0.4) is 0 Å². The standard InChI is InChI=1S/C23H33N3O2/c1-5-24-22(26-18-23(2,3)27-4)25-15-20-12-9-13-21(14-20)17-28-16-19-10-7-6-8-11-19/h6-14H,5,15-18H2,1-4H3,(H2,24,25,26). The molecule has 0 fully saturated rings. The van der Waals surface area contributed by atoms with Crippen molar-refractivity contribution in [3.8, 4) is 0 Å². The van der Waals surface area contributed by atoms with Gasteiger partial charge in [0.15, 0.2) is 5.96 Å². The molecule has 0 unspecified atom stereocenters. The van der Waals surface area contributed by atoms with Crippen molar-refractivity contribution >= 4 is 5.96 Å². The molecule has 5 heteroatoms. The molecule has 0 saturated heterocycles. The summed E-state index contributed by atoms with van der Waals surface area (Å²) in [5, 5.41) is 6.61. The van der Waals surface area contributed by atoms with Crippen molar-refractivity contribution in [2.45, 2.75) is 46.1 Å². The Morgan fingerprint density at radius 2 is 1.61 bits per heavy atom. The number of aliphatic imine (C=N–C) groups is 1. The van der Waals surface area contributed by atoms with Crippen LogP contribution in [0, 0.1) is 0 Å². The predicted molar refractivity (Wildman–Crippen MR) is 115 cm³/mol. The quantitative estimate of drug-likeness (QED) is 0.483. The van der Waals surface area contributed by atoms with E-state index in [1.165, 1.54) is 5.56 Å². The van der Waals surface area contributed by atoms with Crippen molar-refractivity contribution in [2.75, 3.05) is 20.2 Å². The van der Waals surface area contributed by atoms with Crippen molar-refractivity contribution in [1.82, 2.24) is 10.6 Å². The van der Waals surface area contributed by atoms with Gasteiger partial charge in [-0.25, -0.2) is 4.99 Å². The molecule has 5 nitrogen and oxygen atoms in total. The molecule has 0 aliphatic rings. The van der Waals surface area contributed by atoms with Gasteiger partial charge in [-0.15, -0.1) is 0 Å². The maximum Gasteiger partial charge on any atom is 0.191 e. The van der Waals surface area contributed by atoms with Crippen LogP contribution in [0.15, 0.2) is 59.6 Å². The monoisotopic (exact) mass is 383 g/mol. The van der Waals surface area contributed by atoms with Gasteiger partial charge in [0.2, 0.25) is 0 Å². The number of methoxy groups -OCH3 is 1. The predicted octanol–water partition coefficient (Wildman–Crippen LogP) is 3.88. The minimum atomic E-state index is -0.244. The van der Waals surface area contributed by atoms with Gasteiger partial charge >= 0.3 is 0 Å². The van der Waals surface area contributed by atoms with E-state index in [1.54, 1.807) is 7.11 Å². The van der Waals surface area contributed by atoms with Crippen molar-refractivity contribution in [1.29, 1.82) is 0 Å². The molecule has 0 aliphatic carbocycles. The third kappa shape index (κ3) is 8.11. The zero-order valence-electron chi connectivity index (χ0n) is 17.5. The Balaban J connectivity index is 1.89. The average molecular weight is 384 g/mol. The maximum atomic E-state index is 5.84. The normalized spacial score (nSPS) is 12.1. The highest BCUT2D eigenvalue weighted by atomic mass is 16.5. The van der Waals surface area contributed by atoms with Gasteiger partial charge in [-0.2, -0.15) is 0 Å². The van der Waals surface area contributed by atoms with Gasteiger partial charge in [-0.3, -0.25) is 0 Å². The minimum absolute atomic E-state index is 0.244. The molecule has 2 N–H and O–H groups in total. The van der Waals surface area contributed by atoms with E-state index in [-0.39, 0.29) is 5.60 Å². The first-order chi connectivity index (χ1) is 13.5. The van der Waals surface area contributed by atoms with Crippen LogP contribution in [-0.4, -0.2) is 31.8 Å². The van der Waals surface area contributed by atoms with Crippen LogP contribution in [0.1, 0.15) is 37.5 Å². The number of benzene rings is 2. The fraction of sp³-hybridized carbons (Fsp3) is 0.435. The lowest BCUT2D eigenvalue weighted by molar-refractivity contribution is 0.0268. The van der Waals surface area contributed by atoms with E-state index >= 15 is 0 Å². The SMILES string of the molecule is CCNC(=NCc1cccc(COCc2ccccc2)c1)NCC(C)(C)OC. The molecule has 2 rings (SSSR count). The highest BCUT2D eigenvalue weighted by Gasteiger charge is 2.16. The van der Waals surface area contributed by atoms with Crippen LogP contribution in [0.25, 0.3) is 0 Å². The zero-order chi connectivity index (χ0) is 20.2. The summed E-state index contributed by atoms with van der Waals surface area (Å²) in [5.74, 6) is 0.790. The number of ether oxygens (including phenoxy) is 2. The molecule has 2 aromatic rings. The minimum Gasteiger partial charge on any atom is -0.377 e. The van der Waals surface area contributed by atoms with Crippen molar-refractivity contribution < 1.29 is 9.47 Å². The molecule has 2 aromatic carbocycles. The Morgan fingerprint density at radius 3 is 2.32 bits per heavy atom. The molecule has 0 bridgehead atoms. The first-order valence-electron chi connectivity index (χ1n) is 9.79. The number of guanidine groups is 1. The molecule has 0 spiro atoms. The highest BCUT2D eigenvalue weighted by molar-refractivity contribution is 5.79. The summed E-state index contributed by atoms with van der Waals surface area (Å²) in [6.45, 7) is 9.46. The maximum absolute atomic E-state index is 5.84. The summed E-state index contributed by atoms with van der Waals surface area (Å²) in [6.07, 6.45) is 0. The lowest BCUT2D eigenvalue weighted by atomic mass is 10.1. The number of nitrogens with zero attached hydrogens (tertiary/aromatic N) is 1. The first-order valence-corrected chi connectivity index (χ1v) is 9.79. The number of rotatable bonds is 10. The van der Waals surface area contributed by atoms with Crippen LogP contribution in [0.5, 0.6) is 0 Å². The number of nitrogens with one attached hydrogen (secondary N) is 2. The van der Waals surface area contributed by atoms with Crippen LogP contribution in [0.4, 0.5) is 0 Å². The van der Waals surface area contributed by atoms with Gasteiger partial charge in [0, 0.05) is 20.2 Å². The molecule has 0 aliphatic heterocycles.